The van der Waals surface area contributed by atoms with E-state index < -0.39 is 6.10 Å². The van der Waals surface area contributed by atoms with Gasteiger partial charge in [-0.15, -0.1) is 0 Å². The van der Waals surface area contributed by atoms with Gasteiger partial charge < -0.3 is 9.64 Å². The number of hydrazone groups is 1. The second kappa shape index (κ2) is 11.0. The minimum Gasteiger partial charge on any atom is -0.479 e. The lowest BCUT2D eigenvalue weighted by molar-refractivity contribution is -0.128. The Hall–Kier alpha value is -2.86. The summed E-state index contributed by atoms with van der Waals surface area (Å²) in [4.78, 5) is 14.9. The van der Waals surface area contributed by atoms with E-state index in [1.165, 1.54) is 5.69 Å². The fourth-order valence-electron chi connectivity index (χ4n) is 3.38. The summed E-state index contributed by atoms with van der Waals surface area (Å²) >= 11 is 3.61. The van der Waals surface area contributed by atoms with Gasteiger partial charge in [0.2, 0.25) is 0 Å². The van der Waals surface area contributed by atoms with Crippen LogP contribution in [-0.2, 0) is 4.79 Å². The van der Waals surface area contributed by atoms with Crippen LogP contribution in [0.25, 0.3) is 10.8 Å². The van der Waals surface area contributed by atoms with Gasteiger partial charge in [0.25, 0.3) is 5.91 Å². The molecule has 1 amide bonds. The van der Waals surface area contributed by atoms with E-state index in [2.05, 4.69) is 57.3 Å². The zero-order valence-electron chi connectivity index (χ0n) is 18.1. The third-order valence-electron chi connectivity index (χ3n) is 5.17. The van der Waals surface area contributed by atoms with E-state index in [0.29, 0.717) is 12.2 Å². The van der Waals surface area contributed by atoms with Gasteiger partial charge in [-0.3, -0.25) is 4.79 Å². The Morgan fingerprint density at radius 2 is 1.77 bits per heavy atom. The smallest absolute Gasteiger partial charge is 0.281 e. The molecule has 0 radical (unpaired) electrons. The number of amides is 1. The summed E-state index contributed by atoms with van der Waals surface area (Å²) in [5.41, 5.74) is 4.69. The maximum Gasteiger partial charge on any atom is 0.281 e. The van der Waals surface area contributed by atoms with Crippen molar-refractivity contribution in [2.75, 3.05) is 18.0 Å². The van der Waals surface area contributed by atoms with E-state index in [0.717, 1.165) is 33.9 Å². The van der Waals surface area contributed by atoms with Crippen molar-refractivity contribution in [1.82, 2.24) is 5.43 Å². The monoisotopic (exact) mass is 481 g/mol. The number of carbonyl (C=O) groups excluding carboxylic acids is 1. The van der Waals surface area contributed by atoms with Gasteiger partial charge in [-0.05, 0) is 70.7 Å². The van der Waals surface area contributed by atoms with Crippen LogP contribution in [0.15, 0.2) is 70.2 Å². The Balaban J connectivity index is 1.63. The van der Waals surface area contributed by atoms with E-state index in [1.807, 2.05) is 55.5 Å². The molecule has 0 aliphatic carbocycles. The highest BCUT2D eigenvalue weighted by Gasteiger charge is 2.19. The number of hydrogen-bond donors (Lipinski definition) is 1. The largest absolute Gasteiger partial charge is 0.479 e. The molecule has 0 saturated heterocycles. The second-order valence-electron chi connectivity index (χ2n) is 7.11. The number of halogens is 1. The molecule has 0 aliphatic heterocycles. The normalized spacial score (nSPS) is 12.1. The highest BCUT2D eigenvalue weighted by atomic mass is 79.9. The van der Waals surface area contributed by atoms with Gasteiger partial charge in [-0.1, -0.05) is 49.4 Å². The van der Waals surface area contributed by atoms with Crippen molar-refractivity contribution in [3.63, 3.8) is 0 Å². The molecular formula is C25H28BrN3O2. The summed E-state index contributed by atoms with van der Waals surface area (Å²) in [5.74, 6) is 0.357. The van der Waals surface area contributed by atoms with Gasteiger partial charge in [0.05, 0.1) is 10.7 Å². The number of rotatable bonds is 9. The fraction of sp³-hybridized carbons (Fsp3) is 0.280. The second-order valence-corrected chi connectivity index (χ2v) is 7.90. The van der Waals surface area contributed by atoms with Crippen molar-refractivity contribution in [2.45, 2.75) is 33.3 Å². The van der Waals surface area contributed by atoms with E-state index in [1.54, 1.807) is 6.21 Å². The fourth-order valence-corrected chi connectivity index (χ4v) is 3.97. The van der Waals surface area contributed by atoms with Crippen LogP contribution in [0.3, 0.4) is 0 Å². The van der Waals surface area contributed by atoms with Crippen molar-refractivity contribution in [3.05, 3.63) is 70.7 Å². The van der Waals surface area contributed by atoms with Crippen LogP contribution in [0, 0.1) is 0 Å². The van der Waals surface area contributed by atoms with Crippen molar-refractivity contribution >= 4 is 44.5 Å². The van der Waals surface area contributed by atoms with Crippen molar-refractivity contribution in [2.24, 2.45) is 5.10 Å². The number of carbonyl (C=O) groups is 1. The van der Waals surface area contributed by atoms with Gasteiger partial charge in [-0.25, -0.2) is 5.43 Å². The molecule has 5 nitrogen and oxygen atoms in total. The molecule has 162 valence electrons. The Bertz CT molecular complexity index is 1050. The summed E-state index contributed by atoms with van der Waals surface area (Å²) in [7, 11) is 0. The van der Waals surface area contributed by atoms with E-state index in [-0.39, 0.29) is 5.91 Å². The van der Waals surface area contributed by atoms with Gasteiger partial charge >= 0.3 is 0 Å². The lowest BCUT2D eigenvalue weighted by atomic mass is 10.1. The predicted molar refractivity (Wildman–Crippen MR) is 132 cm³/mol. The van der Waals surface area contributed by atoms with Crippen LogP contribution in [0.4, 0.5) is 5.69 Å². The van der Waals surface area contributed by atoms with Crippen molar-refractivity contribution in [1.29, 1.82) is 0 Å². The lowest BCUT2D eigenvalue weighted by Crippen LogP contribution is -2.35. The molecule has 0 fully saturated rings. The first-order chi connectivity index (χ1) is 15.1. The predicted octanol–water partition coefficient (Wildman–Crippen LogP) is 5.76. The molecule has 0 saturated carbocycles. The van der Waals surface area contributed by atoms with Crippen molar-refractivity contribution in [3.8, 4) is 5.75 Å². The molecular weight excluding hydrogens is 454 g/mol. The molecule has 0 aromatic heterocycles. The molecule has 0 spiro atoms. The standard InChI is InChI=1S/C25H28BrN3O2/c1-4-22(31-23-16-13-19-9-7-8-10-21(19)24(23)26)25(30)28-27-17-18-11-14-20(15-12-18)29(5-2)6-3/h7-17,22H,4-6H2,1-3H3,(H,28,30)/b27-17+. The van der Waals surface area contributed by atoms with Crippen LogP contribution in [0.2, 0.25) is 0 Å². The number of nitrogens with zero attached hydrogens (tertiary/aromatic N) is 2. The number of benzene rings is 3. The van der Waals surface area contributed by atoms with E-state index in [4.69, 9.17) is 4.74 Å². The maximum absolute atomic E-state index is 12.6. The molecule has 0 heterocycles. The van der Waals surface area contributed by atoms with Crippen LogP contribution in [-0.4, -0.2) is 31.3 Å². The molecule has 0 bridgehead atoms. The average molecular weight is 482 g/mol. The Morgan fingerprint density at radius 3 is 2.45 bits per heavy atom. The number of anilines is 1. The highest BCUT2D eigenvalue weighted by Crippen LogP contribution is 2.33. The van der Waals surface area contributed by atoms with Crippen LogP contribution in [0.5, 0.6) is 5.75 Å². The summed E-state index contributed by atoms with van der Waals surface area (Å²) in [6.07, 6.45) is 1.53. The zero-order valence-corrected chi connectivity index (χ0v) is 19.7. The van der Waals surface area contributed by atoms with Gasteiger partial charge in [0.15, 0.2) is 6.10 Å². The first-order valence-corrected chi connectivity index (χ1v) is 11.4. The number of ether oxygens (including phenoxy) is 1. The molecule has 1 N–H and O–H groups in total. The summed E-state index contributed by atoms with van der Waals surface area (Å²) in [5, 5.41) is 6.26. The highest BCUT2D eigenvalue weighted by molar-refractivity contribution is 9.10. The molecule has 6 heteroatoms. The SMILES string of the molecule is CCC(Oc1ccc2ccccc2c1Br)C(=O)N/N=C/c1ccc(N(CC)CC)cc1. The topological polar surface area (TPSA) is 53.9 Å². The Morgan fingerprint density at radius 1 is 1.06 bits per heavy atom. The minimum absolute atomic E-state index is 0.279. The van der Waals surface area contributed by atoms with E-state index in [9.17, 15) is 4.79 Å². The number of hydrogen-bond acceptors (Lipinski definition) is 4. The molecule has 3 rings (SSSR count). The zero-order chi connectivity index (χ0) is 22.2. The summed E-state index contributed by atoms with van der Waals surface area (Å²) in [6.45, 7) is 8.11. The lowest BCUT2D eigenvalue weighted by Gasteiger charge is -2.20. The van der Waals surface area contributed by atoms with Crippen molar-refractivity contribution < 1.29 is 9.53 Å². The number of fused-ring (bicyclic) bond motifs is 1. The Kier molecular flexibility index (Phi) is 8.06. The minimum atomic E-state index is -0.639. The molecule has 31 heavy (non-hydrogen) atoms. The van der Waals surface area contributed by atoms with E-state index >= 15 is 0 Å². The third-order valence-corrected chi connectivity index (χ3v) is 5.99. The van der Waals surface area contributed by atoms with Crippen LogP contribution in [0.1, 0.15) is 32.8 Å². The van der Waals surface area contributed by atoms with Crippen LogP contribution >= 0.6 is 15.9 Å². The molecule has 1 unspecified atom stereocenters. The maximum atomic E-state index is 12.6. The van der Waals surface area contributed by atoms with Crippen LogP contribution < -0.4 is 15.1 Å². The Labute approximate surface area is 192 Å². The molecule has 3 aromatic carbocycles. The van der Waals surface area contributed by atoms with Gasteiger partial charge in [-0.2, -0.15) is 5.10 Å². The number of nitrogens with one attached hydrogen (secondary N) is 1. The first-order valence-electron chi connectivity index (χ1n) is 10.6. The molecule has 0 aliphatic rings. The van der Waals surface area contributed by atoms with Gasteiger partial charge in [0, 0.05) is 18.8 Å². The summed E-state index contributed by atoms with van der Waals surface area (Å²) in [6, 6.07) is 20.0. The summed E-state index contributed by atoms with van der Waals surface area (Å²) < 4.78 is 6.84. The molecule has 3 aromatic rings. The third kappa shape index (κ3) is 5.64. The average Bonchev–Trinajstić information content (AvgIpc) is 2.80. The van der Waals surface area contributed by atoms with Gasteiger partial charge in [0.1, 0.15) is 5.75 Å². The molecule has 1 atom stereocenters. The quantitative estimate of drug-likeness (QED) is 0.312. The first kappa shape index (κ1) is 22.8.